The van der Waals surface area contributed by atoms with E-state index < -0.39 is 0 Å². The molecule has 2 aromatic carbocycles. The average Bonchev–Trinajstić information content (AvgIpc) is 2.69. The monoisotopic (exact) mass is 364 g/mol. The van der Waals surface area contributed by atoms with Crippen molar-refractivity contribution >= 4 is 17.5 Å². The van der Waals surface area contributed by atoms with E-state index in [0.29, 0.717) is 30.2 Å². The molecule has 6 heteroatoms. The zero-order valence-electron chi connectivity index (χ0n) is 15.3. The van der Waals surface area contributed by atoms with E-state index >= 15 is 0 Å². The maximum atomic E-state index is 13.7. The average molecular weight is 364 g/mol. The van der Waals surface area contributed by atoms with Crippen LogP contribution in [0.15, 0.2) is 60.7 Å². The Kier molecular flexibility index (Phi) is 5.76. The van der Waals surface area contributed by atoms with Gasteiger partial charge in [0.15, 0.2) is 0 Å². The highest BCUT2D eigenvalue weighted by atomic mass is 19.1. The second-order valence-corrected chi connectivity index (χ2v) is 6.19. The number of carbonyl (C=O) groups is 1. The molecule has 0 radical (unpaired) electrons. The van der Waals surface area contributed by atoms with E-state index in [1.807, 2.05) is 49.2 Å². The van der Waals surface area contributed by atoms with Crippen LogP contribution < -0.4 is 10.2 Å². The zero-order valence-corrected chi connectivity index (χ0v) is 15.3. The predicted octanol–water partition coefficient (Wildman–Crippen LogP) is 3.66. The highest BCUT2D eigenvalue weighted by molar-refractivity contribution is 5.92. The van der Waals surface area contributed by atoms with Gasteiger partial charge in [0.2, 0.25) is 5.95 Å². The molecule has 0 aliphatic rings. The van der Waals surface area contributed by atoms with Gasteiger partial charge in [0.05, 0.1) is 0 Å². The molecule has 3 rings (SSSR count). The van der Waals surface area contributed by atoms with Crippen molar-refractivity contribution in [3.8, 4) is 0 Å². The fraction of sp³-hybridized carbons (Fsp3) is 0.190. The van der Waals surface area contributed by atoms with Gasteiger partial charge in [-0.15, -0.1) is 0 Å². The SMILES string of the molecule is Cc1cc(C(=O)NCCc2ccccc2F)nc(N(C)c2ccccc2)n1. The van der Waals surface area contributed by atoms with E-state index in [1.165, 1.54) is 6.07 Å². The second-order valence-electron chi connectivity index (χ2n) is 6.19. The van der Waals surface area contributed by atoms with Gasteiger partial charge in [-0.3, -0.25) is 4.79 Å². The van der Waals surface area contributed by atoms with Crippen molar-refractivity contribution in [1.29, 1.82) is 0 Å². The molecule has 0 bridgehead atoms. The van der Waals surface area contributed by atoms with E-state index in [4.69, 9.17) is 0 Å². The van der Waals surface area contributed by atoms with Crippen molar-refractivity contribution in [3.63, 3.8) is 0 Å². The van der Waals surface area contributed by atoms with Crippen molar-refractivity contribution in [2.75, 3.05) is 18.5 Å². The molecule has 0 aliphatic carbocycles. The Bertz CT molecular complexity index is 930. The highest BCUT2D eigenvalue weighted by Crippen LogP contribution is 2.20. The lowest BCUT2D eigenvalue weighted by Crippen LogP contribution is -2.27. The summed E-state index contributed by atoms with van der Waals surface area (Å²) in [6.07, 6.45) is 0.416. The Hall–Kier alpha value is -3.28. The Morgan fingerprint density at radius 3 is 2.52 bits per heavy atom. The standard InChI is InChI=1S/C21H21FN4O/c1-15-14-19(20(27)23-13-12-16-8-6-7-11-18(16)22)25-21(24-15)26(2)17-9-4-3-5-10-17/h3-11,14H,12-13H2,1-2H3,(H,23,27). The predicted molar refractivity (Wildman–Crippen MR) is 104 cm³/mol. The summed E-state index contributed by atoms with van der Waals surface area (Å²) in [4.78, 5) is 23.1. The zero-order chi connectivity index (χ0) is 19.2. The number of carbonyl (C=O) groups excluding carboxylic acids is 1. The first-order valence-electron chi connectivity index (χ1n) is 8.70. The number of nitrogens with zero attached hydrogens (tertiary/aromatic N) is 3. The number of para-hydroxylation sites is 1. The van der Waals surface area contributed by atoms with Crippen molar-refractivity contribution in [2.45, 2.75) is 13.3 Å². The van der Waals surface area contributed by atoms with E-state index in [2.05, 4.69) is 15.3 Å². The maximum absolute atomic E-state index is 13.7. The highest BCUT2D eigenvalue weighted by Gasteiger charge is 2.14. The molecule has 138 valence electrons. The molecular weight excluding hydrogens is 343 g/mol. The summed E-state index contributed by atoms with van der Waals surface area (Å²) in [7, 11) is 1.85. The molecule has 5 nitrogen and oxygen atoms in total. The third-order valence-corrected chi connectivity index (χ3v) is 4.16. The fourth-order valence-corrected chi connectivity index (χ4v) is 2.69. The first kappa shape index (κ1) is 18.5. The molecule has 1 amide bonds. The van der Waals surface area contributed by atoms with Crippen molar-refractivity contribution in [1.82, 2.24) is 15.3 Å². The lowest BCUT2D eigenvalue weighted by Gasteiger charge is -2.18. The van der Waals surface area contributed by atoms with Crippen LogP contribution in [-0.4, -0.2) is 29.5 Å². The number of rotatable bonds is 6. The molecule has 0 atom stereocenters. The Balaban J connectivity index is 1.70. The molecular formula is C21H21FN4O. The summed E-state index contributed by atoms with van der Waals surface area (Å²) in [5.74, 6) is -0.128. The molecule has 1 heterocycles. The van der Waals surface area contributed by atoms with E-state index in [-0.39, 0.29) is 17.4 Å². The van der Waals surface area contributed by atoms with Crippen LogP contribution in [-0.2, 0) is 6.42 Å². The van der Waals surface area contributed by atoms with E-state index in [0.717, 1.165) is 5.69 Å². The van der Waals surface area contributed by atoms with Crippen LogP contribution in [0, 0.1) is 12.7 Å². The molecule has 0 spiro atoms. The topological polar surface area (TPSA) is 58.1 Å². The minimum Gasteiger partial charge on any atom is -0.350 e. The Labute approximate surface area is 157 Å². The summed E-state index contributed by atoms with van der Waals surface area (Å²) in [5.41, 5.74) is 2.48. The van der Waals surface area contributed by atoms with Gasteiger partial charge in [-0.2, -0.15) is 0 Å². The Morgan fingerprint density at radius 1 is 1.07 bits per heavy atom. The molecule has 0 aliphatic heterocycles. The smallest absolute Gasteiger partial charge is 0.270 e. The summed E-state index contributed by atoms with van der Waals surface area (Å²) >= 11 is 0. The number of anilines is 2. The van der Waals surface area contributed by atoms with Gasteiger partial charge in [-0.05, 0) is 43.2 Å². The van der Waals surface area contributed by atoms with Gasteiger partial charge in [-0.1, -0.05) is 36.4 Å². The maximum Gasteiger partial charge on any atom is 0.270 e. The summed E-state index contributed by atoms with van der Waals surface area (Å²) < 4.78 is 13.7. The van der Waals surface area contributed by atoms with Crippen LogP contribution in [0.25, 0.3) is 0 Å². The van der Waals surface area contributed by atoms with Gasteiger partial charge in [0.1, 0.15) is 11.5 Å². The first-order chi connectivity index (χ1) is 13.0. The lowest BCUT2D eigenvalue weighted by atomic mass is 10.1. The minimum absolute atomic E-state index is 0.267. The largest absolute Gasteiger partial charge is 0.350 e. The number of amides is 1. The number of hydrogen-bond donors (Lipinski definition) is 1. The van der Waals surface area contributed by atoms with Crippen LogP contribution in [0.5, 0.6) is 0 Å². The van der Waals surface area contributed by atoms with Crippen LogP contribution >= 0.6 is 0 Å². The normalized spacial score (nSPS) is 10.5. The number of aromatic nitrogens is 2. The minimum atomic E-state index is -0.306. The molecule has 0 saturated carbocycles. The van der Waals surface area contributed by atoms with Gasteiger partial charge in [0, 0.05) is 25.0 Å². The van der Waals surface area contributed by atoms with Crippen LogP contribution in [0.1, 0.15) is 21.7 Å². The number of benzene rings is 2. The Morgan fingerprint density at radius 2 is 1.78 bits per heavy atom. The summed E-state index contributed by atoms with van der Waals surface area (Å²) in [6.45, 7) is 2.15. The number of nitrogens with one attached hydrogen (secondary N) is 1. The quantitative estimate of drug-likeness (QED) is 0.725. The van der Waals surface area contributed by atoms with Crippen LogP contribution in [0.4, 0.5) is 16.0 Å². The van der Waals surface area contributed by atoms with E-state index in [9.17, 15) is 9.18 Å². The van der Waals surface area contributed by atoms with E-state index in [1.54, 1.807) is 24.3 Å². The van der Waals surface area contributed by atoms with Crippen molar-refractivity contribution in [3.05, 3.63) is 83.4 Å². The van der Waals surface area contributed by atoms with Crippen molar-refractivity contribution in [2.24, 2.45) is 0 Å². The molecule has 0 fully saturated rings. The van der Waals surface area contributed by atoms with Crippen LogP contribution in [0.3, 0.4) is 0 Å². The first-order valence-corrected chi connectivity index (χ1v) is 8.70. The van der Waals surface area contributed by atoms with Gasteiger partial charge in [0.25, 0.3) is 5.91 Å². The summed E-state index contributed by atoms with van der Waals surface area (Å²) in [5, 5.41) is 2.79. The number of hydrogen-bond acceptors (Lipinski definition) is 4. The van der Waals surface area contributed by atoms with Gasteiger partial charge >= 0.3 is 0 Å². The molecule has 0 unspecified atom stereocenters. The van der Waals surface area contributed by atoms with Gasteiger partial charge in [-0.25, -0.2) is 14.4 Å². The van der Waals surface area contributed by atoms with Gasteiger partial charge < -0.3 is 10.2 Å². The molecule has 3 aromatic rings. The molecule has 1 aromatic heterocycles. The van der Waals surface area contributed by atoms with Crippen molar-refractivity contribution < 1.29 is 9.18 Å². The molecule has 27 heavy (non-hydrogen) atoms. The third kappa shape index (κ3) is 4.67. The third-order valence-electron chi connectivity index (χ3n) is 4.16. The number of aryl methyl sites for hydroxylation is 1. The molecule has 0 saturated heterocycles. The second kappa shape index (κ2) is 8.40. The summed E-state index contributed by atoms with van der Waals surface area (Å²) in [6, 6.07) is 17.9. The van der Waals surface area contributed by atoms with Crippen LogP contribution in [0.2, 0.25) is 0 Å². The molecule has 1 N–H and O–H groups in total. The lowest BCUT2D eigenvalue weighted by molar-refractivity contribution is 0.0949. The fourth-order valence-electron chi connectivity index (χ4n) is 2.69. The number of halogens is 1.